The third-order valence-electron chi connectivity index (χ3n) is 5.92. The minimum atomic E-state index is -0.208. The lowest BCUT2D eigenvalue weighted by Crippen LogP contribution is -2.52. The highest BCUT2D eigenvalue weighted by Gasteiger charge is 2.49. The molecule has 2 N–H and O–H groups in total. The van der Waals surface area contributed by atoms with Crippen molar-refractivity contribution in [1.82, 2.24) is 10.2 Å². The Morgan fingerprint density at radius 1 is 0.964 bits per heavy atom. The lowest BCUT2D eigenvalue weighted by Gasteiger charge is -2.41. The average molecular weight is 394 g/mol. The second-order valence-corrected chi connectivity index (χ2v) is 7.99. The van der Waals surface area contributed by atoms with E-state index in [1.54, 1.807) is 0 Å². The molecular weight excluding hydrogens is 366 g/mol. The van der Waals surface area contributed by atoms with Crippen LogP contribution >= 0.6 is 12.2 Å². The summed E-state index contributed by atoms with van der Waals surface area (Å²) < 4.78 is 0. The molecule has 2 aliphatic rings. The zero-order chi connectivity index (χ0) is 19.4. The molecule has 28 heavy (non-hydrogen) atoms. The summed E-state index contributed by atoms with van der Waals surface area (Å²) in [6, 6.07) is 20.8. The Labute approximate surface area is 172 Å². The van der Waals surface area contributed by atoms with E-state index in [0.717, 1.165) is 31.5 Å². The Balaban J connectivity index is 1.79. The van der Waals surface area contributed by atoms with Gasteiger partial charge in [-0.3, -0.25) is 4.99 Å². The summed E-state index contributed by atoms with van der Waals surface area (Å²) in [5, 5.41) is 13.7. The number of nitrogens with zero attached hydrogens (tertiary/aromatic N) is 2. The van der Waals surface area contributed by atoms with Gasteiger partial charge in [0.1, 0.15) is 11.9 Å². The first-order chi connectivity index (χ1) is 13.7. The zero-order valence-electron chi connectivity index (χ0n) is 16.1. The quantitative estimate of drug-likeness (QED) is 0.752. The number of aliphatic hydroxyl groups is 1. The number of β-amino-alcohol motifs (C(OH)–C–C–N with tert-alkyl or cyclic N) is 1. The Hall–Kier alpha value is -2.24. The van der Waals surface area contributed by atoms with Crippen LogP contribution in [0.15, 0.2) is 65.7 Å². The van der Waals surface area contributed by atoms with Crippen LogP contribution in [0.3, 0.4) is 0 Å². The number of amidine groups is 1. The number of benzene rings is 2. The van der Waals surface area contributed by atoms with Gasteiger partial charge >= 0.3 is 0 Å². The van der Waals surface area contributed by atoms with Gasteiger partial charge in [-0.1, -0.05) is 79.9 Å². The van der Waals surface area contributed by atoms with Gasteiger partial charge in [0.15, 0.2) is 5.11 Å². The molecule has 5 heteroatoms. The smallest absolute Gasteiger partial charge is 0.175 e. The highest BCUT2D eigenvalue weighted by molar-refractivity contribution is 7.80. The van der Waals surface area contributed by atoms with Crippen molar-refractivity contribution in [2.24, 2.45) is 4.99 Å². The first-order valence-electron chi connectivity index (χ1n) is 10.1. The maximum atomic E-state index is 9.61. The molecule has 0 amide bonds. The molecule has 1 aliphatic carbocycles. The fourth-order valence-electron chi connectivity index (χ4n) is 4.56. The van der Waals surface area contributed by atoms with Crippen molar-refractivity contribution >= 4 is 23.2 Å². The predicted molar refractivity (Wildman–Crippen MR) is 118 cm³/mol. The van der Waals surface area contributed by atoms with Gasteiger partial charge in [-0.05, 0) is 36.2 Å². The van der Waals surface area contributed by atoms with Crippen molar-refractivity contribution in [3.63, 3.8) is 0 Å². The molecule has 0 aromatic heterocycles. The van der Waals surface area contributed by atoms with Crippen LogP contribution in [-0.2, 0) is 0 Å². The van der Waals surface area contributed by atoms with E-state index in [9.17, 15) is 5.11 Å². The molecule has 1 saturated heterocycles. The number of hydrogen-bond acceptors (Lipinski definition) is 3. The van der Waals surface area contributed by atoms with Crippen LogP contribution in [0.2, 0.25) is 0 Å². The van der Waals surface area contributed by atoms with Crippen LogP contribution in [-0.4, -0.2) is 39.6 Å². The standard InChI is InChI=1S/C23H27N3OS/c27-17-16-26-22(28)25-21(23(26)14-8-3-9-15-23)24-20(18-10-4-1-5-11-18)19-12-6-2-7-13-19/h1-2,4-7,10-13,20,27H,3,8-9,14-17H2,(H,24,25,28). The number of aliphatic imine (C=N–C) groups is 1. The third-order valence-corrected chi connectivity index (χ3v) is 6.24. The zero-order valence-corrected chi connectivity index (χ0v) is 16.9. The van der Waals surface area contributed by atoms with Crippen molar-refractivity contribution in [3.05, 3.63) is 71.8 Å². The van der Waals surface area contributed by atoms with Gasteiger partial charge in [-0.2, -0.15) is 0 Å². The Morgan fingerprint density at radius 2 is 1.54 bits per heavy atom. The van der Waals surface area contributed by atoms with E-state index >= 15 is 0 Å². The van der Waals surface area contributed by atoms with Crippen molar-refractivity contribution in [1.29, 1.82) is 0 Å². The highest BCUT2D eigenvalue weighted by Crippen LogP contribution is 2.39. The van der Waals surface area contributed by atoms with Gasteiger partial charge in [0.05, 0.1) is 12.1 Å². The summed E-state index contributed by atoms with van der Waals surface area (Å²) in [5.41, 5.74) is 2.13. The summed E-state index contributed by atoms with van der Waals surface area (Å²) in [6.45, 7) is 0.643. The van der Waals surface area contributed by atoms with Crippen LogP contribution in [0.1, 0.15) is 49.3 Å². The minimum absolute atomic E-state index is 0.0828. The molecule has 146 valence electrons. The first kappa shape index (κ1) is 19.1. The summed E-state index contributed by atoms with van der Waals surface area (Å²) in [6.07, 6.45) is 5.61. The van der Waals surface area contributed by atoms with Crippen LogP contribution in [0.5, 0.6) is 0 Å². The monoisotopic (exact) mass is 393 g/mol. The first-order valence-corrected chi connectivity index (χ1v) is 10.5. The summed E-state index contributed by atoms with van der Waals surface area (Å²) in [5.74, 6) is 0.961. The maximum Gasteiger partial charge on any atom is 0.175 e. The Morgan fingerprint density at radius 3 is 2.07 bits per heavy atom. The number of hydrogen-bond donors (Lipinski definition) is 2. The Bertz CT molecular complexity index is 792. The van der Waals surface area contributed by atoms with Gasteiger partial charge in [0, 0.05) is 6.54 Å². The molecule has 1 saturated carbocycles. The molecular formula is C23H27N3OS. The van der Waals surface area contributed by atoms with E-state index in [1.165, 1.54) is 17.5 Å². The number of rotatable bonds is 5. The maximum absolute atomic E-state index is 9.61. The predicted octanol–water partition coefficient (Wildman–Crippen LogP) is 4.06. The molecule has 0 atom stereocenters. The van der Waals surface area contributed by atoms with Gasteiger partial charge < -0.3 is 15.3 Å². The molecule has 0 bridgehead atoms. The summed E-state index contributed by atoms with van der Waals surface area (Å²) in [7, 11) is 0. The fourth-order valence-corrected chi connectivity index (χ4v) is 4.92. The number of aliphatic hydroxyl groups excluding tert-OH is 1. The van der Waals surface area contributed by atoms with Gasteiger partial charge in [0.25, 0.3) is 0 Å². The fraction of sp³-hybridized carbons (Fsp3) is 0.391. The lowest BCUT2D eigenvalue weighted by atomic mass is 9.80. The topological polar surface area (TPSA) is 47.9 Å². The van der Waals surface area contributed by atoms with Crippen LogP contribution < -0.4 is 5.32 Å². The van der Waals surface area contributed by atoms with E-state index < -0.39 is 0 Å². The molecule has 1 aliphatic heterocycles. The van der Waals surface area contributed by atoms with E-state index in [1.807, 2.05) is 12.1 Å². The largest absolute Gasteiger partial charge is 0.395 e. The van der Waals surface area contributed by atoms with Crippen molar-refractivity contribution in [2.45, 2.75) is 43.7 Å². The van der Waals surface area contributed by atoms with Crippen LogP contribution in [0.4, 0.5) is 0 Å². The highest BCUT2D eigenvalue weighted by atomic mass is 32.1. The van der Waals surface area contributed by atoms with Crippen LogP contribution in [0.25, 0.3) is 0 Å². The molecule has 1 heterocycles. The summed E-state index contributed by atoms with van der Waals surface area (Å²) in [4.78, 5) is 7.44. The molecule has 0 radical (unpaired) electrons. The second kappa shape index (κ2) is 8.41. The molecule has 2 aromatic carbocycles. The molecule has 0 unspecified atom stereocenters. The van der Waals surface area contributed by atoms with E-state index in [4.69, 9.17) is 17.2 Å². The SMILES string of the molecule is OCCN1C(=S)NC(=NC(c2ccccc2)c2ccccc2)C12CCCCC2. The van der Waals surface area contributed by atoms with Gasteiger partial charge in [-0.15, -0.1) is 0 Å². The molecule has 1 spiro atoms. The molecule has 4 rings (SSSR count). The molecule has 4 nitrogen and oxygen atoms in total. The minimum Gasteiger partial charge on any atom is -0.395 e. The van der Waals surface area contributed by atoms with E-state index in [2.05, 4.69) is 58.7 Å². The number of thiocarbonyl (C=S) groups is 1. The average Bonchev–Trinajstić information content (AvgIpc) is 2.99. The number of nitrogens with one attached hydrogen (secondary N) is 1. The van der Waals surface area contributed by atoms with E-state index in [0.29, 0.717) is 11.7 Å². The van der Waals surface area contributed by atoms with Crippen molar-refractivity contribution < 1.29 is 5.11 Å². The van der Waals surface area contributed by atoms with Crippen molar-refractivity contribution in [3.8, 4) is 0 Å². The normalized spacial score (nSPS) is 20.1. The van der Waals surface area contributed by atoms with Gasteiger partial charge in [-0.25, -0.2) is 0 Å². The molecule has 2 aromatic rings. The molecule has 2 fully saturated rings. The lowest BCUT2D eigenvalue weighted by molar-refractivity contribution is 0.162. The third kappa shape index (κ3) is 3.56. The van der Waals surface area contributed by atoms with Crippen LogP contribution in [0, 0.1) is 0 Å². The van der Waals surface area contributed by atoms with Gasteiger partial charge in [0.2, 0.25) is 0 Å². The van der Waals surface area contributed by atoms with Crippen molar-refractivity contribution in [2.75, 3.05) is 13.2 Å². The second-order valence-electron chi connectivity index (χ2n) is 7.60. The summed E-state index contributed by atoms with van der Waals surface area (Å²) >= 11 is 5.65. The Kier molecular flexibility index (Phi) is 5.74. The van der Waals surface area contributed by atoms with E-state index in [-0.39, 0.29) is 18.2 Å².